The van der Waals surface area contributed by atoms with E-state index in [1.807, 2.05) is 36.4 Å². The molecular formula is C16H17Br2NO2. The van der Waals surface area contributed by atoms with Gasteiger partial charge in [-0.2, -0.15) is 0 Å². The molecule has 2 N–H and O–H groups in total. The number of halogens is 2. The Labute approximate surface area is 141 Å². The van der Waals surface area contributed by atoms with Crippen molar-refractivity contribution < 1.29 is 9.47 Å². The smallest absolute Gasteiger partial charge is 0.148 e. The van der Waals surface area contributed by atoms with Crippen molar-refractivity contribution >= 4 is 31.9 Å². The van der Waals surface area contributed by atoms with Crippen molar-refractivity contribution in [1.82, 2.24) is 0 Å². The summed E-state index contributed by atoms with van der Waals surface area (Å²) in [6.45, 7) is 1.13. The van der Waals surface area contributed by atoms with Crippen LogP contribution in [0.3, 0.4) is 0 Å². The van der Waals surface area contributed by atoms with Crippen LogP contribution < -0.4 is 15.2 Å². The Morgan fingerprint density at radius 1 is 1.00 bits per heavy atom. The maximum absolute atomic E-state index is 5.89. The molecule has 0 aromatic heterocycles. The van der Waals surface area contributed by atoms with Crippen LogP contribution in [0.15, 0.2) is 45.3 Å². The van der Waals surface area contributed by atoms with E-state index >= 15 is 0 Å². The minimum atomic E-state index is 0.497. The Kier molecular flexibility index (Phi) is 6.08. The minimum Gasteiger partial charge on any atom is -0.497 e. The molecule has 3 nitrogen and oxygen atoms in total. The molecule has 0 heterocycles. The molecule has 0 amide bonds. The number of hydrogen-bond donors (Lipinski definition) is 1. The van der Waals surface area contributed by atoms with Gasteiger partial charge in [0.05, 0.1) is 16.1 Å². The highest BCUT2D eigenvalue weighted by Crippen LogP contribution is 2.35. The summed E-state index contributed by atoms with van der Waals surface area (Å²) < 4.78 is 12.9. The fraction of sp³-hybridized carbons (Fsp3) is 0.250. The lowest BCUT2D eigenvalue weighted by atomic mass is 10.1. The number of ether oxygens (including phenoxy) is 2. The topological polar surface area (TPSA) is 44.5 Å². The first kappa shape index (κ1) is 16.3. The van der Waals surface area contributed by atoms with E-state index < -0.39 is 0 Å². The zero-order valence-electron chi connectivity index (χ0n) is 11.7. The van der Waals surface area contributed by atoms with Crippen LogP contribution in [0.1, 0.15) is 11.1 Å². The Morgan fingerprint density at radius 2 is 1.62 bits per heavy atom. The van der Waals surface area contributed by atoms with E-state index in [-0.39, 0.29) is 0 Å². The molecule has 21 heavy (non-hydrogen) atoms. The summed E-state index contributed by atoms with van der Waals surface area (Å²) in [5, 5.41) is 0. The number of hydrogen-bond acceptors (Lipinski definition) is 3. The molecule has 0 aliphatic rings. The Hall–Kier alpha value is -1.04. The summed E-state index contributed by atoms with van der Waals surface area (Å²) in [5.41, 5.74) is 7.84. The molecular weight excluding hydrogens is 398 g/mol. The fourth-order valence-corrected chi connectivity index (χ4v) is 3.45. The Balaban J connectivity index is 2.08. The maximum Gasteiger partial charge on any atom is 0.148 e. The van der Waals surface area contributed by atoms with Gasteiger partial charge in [-0.25, -0.2) is 0 Å². The van der Waals surface area contributed by atoms with Gasteiger partial charge in [0.1, 0.15) is 18.1 Å². The van der Waals surface area contributed by atoms with Crippen LogP contribution >= 0.6 is 31.9 Å². The molecule has 2 rings (SSSR count). The summed E-state index contributed by atoms with van der Waals surface area (Å²) in [4.78, 5) is 0. The standard InChI is InChI=1S/C16H17Br2NO2/c1-20-13-4-2-11(3-5-13)10-21-16-14(17)8-12(6-7-19)9-15(16)18/h2-5,8-9H,6-7,10,19H2,1H3. The Bertz CT molecular complexity index is 577. The summed E-state index contributed by atoms with van der Waals surface area (Å²) in [7, 11) is 1.66. The molecule has 0 aliphatic heterocycles. The van der Waals surface area contributed by atoms with Crippen molar-refractivity contribution in [3.8, 4) is 11.5 Å². The third kappa shape index (κ3) is 4.46. The van der Waals surface area contributed by atoms with Gasteiger partial charge in [-0.1, -0.05) is 12.1 Å². The summed E-state index contributed by atoms with van der Waals surface area (Å²) >= 11 is 7.10. The molecule has 0 fully saturated rings. The lowest BCUT2D eigenvalue weighted by Gasteiger charge is -2.12. The van der Waals surface area contributed by atoms with Gasteiger partial charge in [-0.15, -0.1) is 0 Å². The molecule has 0 radical (unpaired) electrons. The highest BCUT2D eigenvalue weighted by Gasteiger charge is 2.09. The predicted molar refractivity (Wildman–Crippen MR) is 91.9 cm³/mol. The molecule has 112 valence electrons. The van der Waals surface area contributed by atoms with E-state index in [9.17, 15) is 0 Å². The van der Waals surface area contributed by atoms with Crippen molar-refractivity contribution in [1.29, 1.82) is 0 Å². The van der Waals surface area contributed by atoms with Gasteiger partial charge in [0.25, 0.3) is 0 Å². The van der Waals surface area contributed by atoms with Crippen molar-refractivity contribution in [2.75, 3.05) is 13.7 Å². The third-order valence-corrected chi connectivity index (χ3v) is 4.21. The Morgan fingerprint density at radius 3 is 2.14 bits per heavy atom. The highest BCUT2D eigenvalue weighted by molar-refractivity contribution is 9.11. The largest absolute Gasteiger partial charge is 0.497 e. The number of methoxy groups -OCH3 is 1. The second-order valence-corrected chi connectivity index (χ2v) is 6.27. The van der Waals surface area contributed by atoms with E-state index in [1.54, 1.807) is 7.11 Å². The fourth-order valence-electron chi connectivity index (χ4n) is 1.94. The van der Waals surface area contributed by atoms with Crippen molar-refractivity contribution in [3.05, 3.63) is 56.5 Å². The molecule has 0 unspecified atom stereocenters. The molecule has 0 spiro atoms. The molecule has 2 aromatic carbocycles. The van der Waals surface area contributed by atoms with Gasteiger partial charge in [-0.3, -0.25) is 0 Å². The summed E-state index contributed by atoms with van der Waals surface area (Å²) in [5.74, 6) is 1.64. The molecule has 0 atom stereocenters. The van der Waals surface area contributed by atoms with Gasteiger partial charge in [0, 0.05) is 0 Å². The van der Waals surface area contributed by atoms with Crippen LogP contribution in [0.2, 0.25) is 0 Å². The van der Waals surface area contributed by atoms with E-state index in [0.29, 0.717) is 13.2 Å². The van der Waals surface area contributed by atoms with Crippen LogP contribution in [-0.2, 0) is 13.0 Å². The van der Waals surface area contributed by atoms with E-state index in [0.717, 1.165) is 32.4 Å². The first-order valence-electron chi connectivity index (χ1n) is 6.57. The van der Waals surface area contributed by atoms with Crippen molar-refractivity contribution in [3.63, 3.8) is 0 Å². The monoisotopic (exact) mass is 413 g/mol. The predicted octanol–water partition coefficient (Wildman–Crippen LogP) is 4.30. The average Bonchev–Trinajstić information content (AvgIpc) is 2.47. The van der Waals surface area contributed by atoms with Gasteiger partial charge in [0.15, 0.2) is 0 Å². The van der Waals surface area contributed by atoms with E-state index in [2.05, 4.69) is 31.9 Å². The van der Waals surface area contributed by atoms with Crippen molar-refractivity contribution in [2.45, 2.75) is 13.0 Å². The molecule has 0 saturated carbocycles. The molecule has 5 heteroatoms. The highest BCUT2D eigenvalue weighted by atomic mass is 79.9. The van der Waals surface area contributed by atoms with Crippen LogP contribution in [0, 0.1) is 0 Å². The van der Waals surface area contributed by atoms with Gasteiger partial charge < -0.3 is 15.2 Å². The first-order valence-corrected chi connectivity index (χ1v) is 8.16. The van der Waals surface area contributed by atoms with E-state index in [4.69, 9.17) is 15.2 Å². The molecule has 0 saturated heterocycles. The lowest BCUT2D eigenvalue weighted by molar-refractivity contribution is 0.302. The van der Waals surface area contributed by atoms with Crippen LogP contribution in [-0.4, -0.2) is 13.7 Å². The van der Waals surface area contributed by atoms with E-state index in [1.165, 1.54) is 5.56 Å². The normalized spacial score (nSPS) is 10.5. The van der Waals surface area contributed by atoms with Gasteiger partial charge in [-0.05, 0) is 80.2 Å². The zero-order valence-corrected chi connectivity index (χ0v) is 14.9. The summed E-state index contributed by atoms with van der Waals surface area (Å²) in [6, 6.07) is 11.9. The number of benzene rings is 2. The van der Waals surface area contributed by atoms with Gasteiger partial charge in [0.2, 0.25) is 0 Å². The molecule has 0 bridgehead atoms. The zero-order chi connectivity index (χ0) is 15.2. The lowest BCUT2D eigenvalue weighted by Crippen LogP contribution is -2.03. The third-order valence-electron chi connectivity index (χ3n) is 3.03. The molecule has 0 aliphatic carbocycles. The average molecular weight is 415 g/mol. The number of rotatable bonds is 6. The van der Waals surface area contributed by atoms with Crippen LogP contribution in [0.4, 0.5) is 0 Å². The second kappa shape index (κ2) is 7.82. The minimum absolute atomic E-state index is 0.497. The van der Waals surface area contributed by atoms with Crippen LogP contribution in [0.25, 0.3) is 0 Å². The quantitative estimate of drug-likeness (QED) is 0.766. The number of nitrogens with two attached hydrogens (primary N) is 1. The van der Waals surface area contributed by atoms with Crippen molar-refractivity contribution in [2.24, 2.45) is 5.73 Å². The second-order valence-electron chi connectivity index (χ2n) is 4.56. The van der Waals surface area contributed by atoms with Gasteiger partial charge >= 0.3 is 0 Å². The van der Waals surface area contributed by atoms with Crippen LogP contribution in [0.5, 0.6) is 11.5 Å². The first-order chi connectivity index (χ1) is 10.1. The summed E-state index contributed by atoms with van der Waals surface area (Å²) in [6.07, 6.45) is 0.843. The SMILES string of the molecule is COc1ccc(COc2c(Br)cc(CCN)cc2Br)cc1. The molecule has 2 aromatic rings. The maximum atomic E-state index is 5.89.